The molecular weight excluding hydrogens is 226 g/mol. The average Bonchev–Trinajstić information content (AvgIpc) is 2.35. The molecule has 0 radical (unpaired) electrons. The minimum absolute atomic E-state index is 0.242. The predicted octanol–water partition coefficient (Wildman–Crippen LogP) is 2.71. The maximum Gasteiger partial charge on any atom is 0.327 e. The fraction of sp³-hybridized carbons (Fsp3) is 0.533. The largest absolute Gasteiger partial charge is 0.468 e. The Bertz CT molecular complexity index is 371. The van der Waals surface area contributed by atoms with Gasteiger partial charge in [0.25, 0.3) is 0 Å². The summed E-state index contributed by atoms with van der Waals surface area (Å²) in [5.41, 5.74) is 2.25. The number of rotatable bonds is 6. The molecule has 3 nitrogen and oxygen atoms in total. The van der Waals surface area contributed by atoms with Crippen molar-refractivity contribution in [3.63, 3.8) is 0 Å². The number of ether oxygens (including phenoxy) is 1. The number of likely N-dealkylation sites (N-methyl/N-ethyl adjacent to an activating group) is 1. The van der Waals surface area contributed by atoms with Crippen LogP contribution in [-0.2, 0) is 16.0 Å². The second-order valence-corrected chi connectivity index (χ2v) is 4.85. The number of esters is 1. The third-order valence-electron chi connectivity index (χ3n) is 2.80. The van der Waals surface area contributed by atoms with E-state index in [0.29, 0.717) is 5.92 Å². The first-order valence-corrected chi connectivity index (χ1v) is 6.48. The summed E-state index contributed by atoms with van der Waals surface area (Å²) < 4.78 is 4.81. The topological polar surface area (TPSA) is 38.3 Å². The Morgan fingerprint density at radius 3 is 2.33 bits per heavy atom. The second kappa shape index (κ2) is 7.17. The number of hydrogen-bond donors (Lipinski definition) is 1. The molecule has 1 N–H and O–H groups in total. The van der Waals surface area contributed by atoms with Gasteiger partial charge in [0.15, 0.2) is 0 Å². The molecule has 1 unspecified atom stereocenters. The summed E-state index contributed by atoms with van der Waals surface area (Å²) in [6.07, 6.45) is 1.06. The van der Waals surface area contributed by atoms with Crippen LogP contribution in [0.1, 0.15) is 37.9 Å². The molecule has 0 saturated heterocycles. The summed E-state index contributed by atoms with van der Waals surface area (Å²) in [6, 6.07) is 7.81. The molecule has 0 bridgehead atoms. The molecule has 1 rings (SSSR count). The quantitative estimate of drug-likeness (QED) is 0.788. The van der Waals surface area contributed by atoms with Gasteiger partial charge in [0.2, 0.25) is 0 Å². The van der Waals surface area contributed by atoms with Crippen LogP contribution in [0.4, 0.5) is 0 Å². The molecule has 0 amide bonds. The van der Waals surface area contributed by atoms with Crippen molar-refractivity contribution in [1.29, 1.82) is 0 Å². The summed E-state index contributed by atoms with van der Waals surface area (Å²) in [6.45, 7) is 7.10. The molecule has 0 fully saturated rings. The number of benzene rings is 1. The minimum atomic E-state index is -0.368. The lowest BCUT2D eigenvalue weighted by atomic mass is 9.99. The fourth-order valence-electron chi connectivity index (χ4n) is 1.98. The zero-order valence-electron chi connectivity index (χ0n) is 11.7. The maximum absolute atomic E-state index is 11.7. The smallest absolute Gasteiger partial charge is 0.327 e. The van der Waals surface area contributed by atoms with Gasteiger partial charge < -0.3 is 10.1 Å². The molecule has 0 aromatic heterocycles. The molecule has 1 aromatic carbocycles. The summed E-state index contributed by atoms with van der Waals surface area (Å²) in [5.74, 6) is 0.398. The monoisotopic (exact) mass is 249 g/mol. The Kier molecular flexibility index (Phi) is 5.86. The van der Waals surface area contributed by atoms with Crippen LogP contribution in [0.5, 0.6) is 0 Å². The van der Waals surface area contributed by atoms with E-state index in [1.165, 1.54) is 12.7 Å². The molecule has 18 heavy (non-hydrogen) atoms. The molecule has 1 aromatic rings. The molecular formula is C15H23NO2. The standard InChI is InChI=1S/C15H23NO2/c1-5-16-14(15(17)18-4)13-8-6-12(7-9-13)10-11(2)3/h6-9,11,14,16H,5,10H2,1-4H3. The Balaban J connectivity index is 2.83. The fourth-order valence-corrected chi connectivity index (χ4v) is 1.98. The molecule has 0 aliphatic heterocycles. The van der Waals surface area contributed by atoms with Gasteiger partial charge in [-0.05, 0) is 30.0 Å². The highest BCUT2D eigenvalue weighted by Gasteiger charge is 2.19. The van der Waals surface area contributed by atoms with Gasteiger partial charge >= 0.3 is 5.97 Å². The lowest BCUT2D eigenvalue weighted by molar-refractivity contribution is -0.143. The Hall–Kier alpha value is -1.35. The molecule has 3 heteroatoms. The zero-order valence-corrected chi connectivity index (χ0v) is 11.7. The number of carbonyl (C=O) groups excluding carboxylic acids is 1. The molecule has 0 saturated carbocycles. The van der Waals surface area contributed by atoms with E-state index in [1.54, 1.807) is 0 Å². The highest BCUT2D eigenvalue weighted by atomic mass is 16.5. The first-order valence-electron chi connectivity index (χ1n) is 6.48. The third kappa shape index (κ3) is 4.15. The highest BCUT2D eigenvalue weighted by Crippen LogP contribution is 2.17. The van der Waals surface area contributed by atoms with Crippen LogP contribution < -0.4 is 5.32 Å². The minimum Gasteiger partial charge on any atom is -0.468 e. The normalized spacial score (nSPS) is 12.5. The molecule has 0 aliphatic rings. The van der Waals surface area contributed by atoms with Gasteiger partial charge in [-0.1, -0.05) is 45.0 Å². The van der Waals surface area contributed by atoms with E-state index < -0.39 is 0 Å². The van der Waals surface area contributed by atoms with Crippen molar-refractivity contribution in [2.45, 2.75) is 33.2 Å². The van der Waals surface area contributed by atoms with Crippen LogP contribution in [0.15, 0.2) is 24.3 Å². The first-order chi connectivity index (χ1) is 8.58. The lowest BCUT2D eigenvalue weighted by Crippen LogP contribution is -2.29. The van der Waals surface area contributed by atoms with Gasteiger partial charge in [0.1, 0.15) is 6.04 Å². The molecule has 0 aliphatic carbocycles. The van der Waals surface area contributed by atoms with E-state index in [0.717, 1.165) is 18.5 Å². The number of hydrogen-bond acceptors (Lipinski definition) is 3. The number of methoxy groups -OCH3 is 1. The van der Waals surface area contributed by atoms with Gasteiger partial charge in [-0.3, -0.25) is 0 Å². The Morgan fingerprint density at radius 2 is 1.89 bits per heavy atom. The van der Waals surface area contributed by atoms with Gasteiger partial charge in [-0.2, -0.15) is 0 Å². The highest BCUT2D eigenvalue weighted by molar-refractivity contribution is 5.77. The number of nitrogens with one attached hydrogen (secondary N) is 1. The Labute approximate surface area is 110 Å². The van der Waals surface area contributed by atoms with Crippen LogP contribution in [0.25, 0.3) is 0 Å². The third-order valence-corrected chi connectivity index (χ3v) is 2.80. The van der Waals surface area contributed by atoms with Crippen molar-refractivity contribution < 1.29 is 9.53 Å². The summed E-state index contributed by atoms with van der Waals surface area (Å²) >= 11 is 0. The van der Waals surface area contributed by atoms with E-state index >= 15 is 0 Å². The van der Waals surface area contributed by atoms with Crippen LogP contribution in [0, 0.1) is 5.92 Å². The van der Waals surface area contributed by atoms with E-state index in [4.69, 9.17) is 4.74 Å². The van der Waals surface area contributed by atoms with Gasteiger partial charge in [-0.15, -0.1) is 0 Å². The van der Waals surface area contributed by atoms with Gasteiger partial charge in [0.05, 0.1) is 7.11 Å². The van der Waals surface area contributed by atoms with E-state index in [1.807, 2.05) is 19.1 Å². The van der Waals surface area contributed by atoms with Crippen LogP contribution in [0.3, 0.4) is 0 Å². The maximum atomic E-state index is 11.7. The van der Waals surface area contributed by atoms with Crippen LogP contribution in [0.2, 0.25) is 0 Å². The summed E-state index contributed by atoms with van der Waals surface area (Å²) in [5, 5.41) is 3.14. The predicted molar refractivity (Wildman–Crippen MR) is 73.4 cm³/mol. The molecule has 0 spiro atoms. The molecule has 1 atom stereocenters. The molecule has 0 heterocycles. The summed E-state index contributed by atoms with van der Waals surface area (Å²) in [7, 11) is 1.42. The van der Waals surface area contributed by atoms with Crippen LogP contribution in [-0.4, -0.2) is 19.6 Å². The van der Waals surface area contributed by atoms with E-state index in [-0.39, 0.29) is 12.0 Å². The van der Waals surface area contributed by atoms with Crippen molar-refractivity contribution in [3.8, 4) is 0 Å². The summed E-state index contributed by atoms with van der Waals surface area (Å²) in [4.78, 5) is 11.7. The van der Waals surface area contributed by atoms with E-state index in [2.05, 4.69) is 31.3 Å². The lowest BCUT2D eigenvalue weighted by Gasteiger charge is -2.16. The van der Waals surface area contributed by atoms with Crippen LogP contribution >= 0.6 is 0 Å². The van der Waals surface area contributed by atoms with Crippen molar-refractivity contribution in [1.82, 2.24) is 5.32 Å². The van der Waals surface area contributed by atoms with Gasteiger partial charge in [-0.25, -0.2) is 4.79 Å². The van der Waals surface area contributed by atoms with Crippen molar-refractivity contribution >= 4 is 5.97 Å². The zero-order chi connectivity index (χ0) is 13.5. The Morgan fingerprint density at radius 1 is 1.28 bits per heavy atom. The second-order valence-electron chi connectivity index (χ2n) is 4.85. The SMILES string of the molecule is CCNC(C(=O)OC)c1ccc(CC(C)C)cc1. The number of carbonyl (C=O) groups is 1. The van der Waals surface area contributed by atoms with Crippen molar-refractivity contribution in [2.75, 3.05) is 13.7 Å². The van der Waals surface area contributed by atoms with Gasteiger partial charge in [0, 0.05) is 0 Å². The van der Waals surface area contributed by atoms with Crippen molar-refractivity contribution in [2.24, 2.45) is 5.92 Å². The first kappa shape index (κ1) is 14.7. The molecule has 100 valence electrons. The average molecular weight is 249 g/mol. The van der Waals surface area contributed by atoms with Crippen molar-refractivity contribution in [3.05, 3.63) is 35.4 Å². The van der Waals surface area contributed by atoms with E-state index in [9.17, 15) is 4.79 Å².